The standard InChI is InChI=1S/C32H42BN3O6/c1-19(2)15-26(33-41-27-24-17-23(31(24,3)4)18-32(27,5)42-33)35-30(39)25(16-20-9-7-6-8-10-20)34-28(37)21-11-13-22(14-12-21)29(38)36-40/h6-14,19,23-27,40H,15-18H2,1-5H3,(H,34,37)(H,35,39)(H,36,38)/t23-,24+,25+,26+,27?,32+/m1/s1. The van der Waals surface area contributed by atoms with Crippen molar-refractivity contribution in [2.45, 2.75) is 84.0 Å². The zero-order valence-corrected chi connectivity index (χ0v) is 25.1. The average Bonchev–Trinajstić information content (AvgIpc) is 3.33. The third-order valence-electron chi connectivity index (χ3n) is 9.63. The zero-order chi connectivity index (χ0) is 30.2. The maximum atomic E-state index is 13.9. The first-order chi connectivity index (χ1) is 19.9. The van der Waals surface area contributed by atoms with E-state index in [2.05, 4.69) is 45.3 Å². The van der Waals surface area contributed by atoms with Crippen molar-refractivity contribution in [1.29, 1.82) is 0 Å². The Kier molecular flexibility index (Phi) is 8.52. The fraction of sp³-hybridized carbons (Fsp3) is 0.531. The van der Waals surface area contributed by atoms with Crippen LogP contribution in [0.1, 0.15) is 80.2 Å². The van der Waals surface area contributed by atoms with Crippen LogP contribution in [0.3, 0.4) is 0 Å². The number of carbonyl (C=O) groups is 3. The van der Waals surface area contributed by atoms with Gasteiger partial charge in [-0.05, 0) is 79.2 Å². The molecule has 4 N–H and O–H groups in total. The number of rotatable bonds is 10. The topological polar surface area (TPSA) is 126 Å². The highest BCUT2D eigenvalue weighted by Crippen LogP contribution is 2.64. The van der Waals surface area contributed by atoms with Crippen molar-refractivity contribution < 1.29 is 28.9 Å². The Morgan fingerprint density at radius 3 is 2.21 bits per heavy atom. The van der Waals surface area contributed by atoms with Crippen LogP contribution in [0.4, 0.5) is 0 Å². The minimum Gasteiger partial charge on any atom is -0.404 e. The van der Waals surface area contributed by atoms with E-state index in [4.69, 9.17) is 14.5 Å². The summed E-state index contributed by atoms with van der Waals surface area (Å²) in [5.74, 6) is -0.498. The van der Waals surface area contributed by atoms with Gasteiger partial charge in [0.15, 0.2) is 0 Å². The van der Waals surface area contributed by atoms with Gasteiger partial charge in [-0.15, -0.1) is 0 Å². The second kappa shape index (κ2) is 11.8. The first kappa shape index (κ1) is 30.3. The predicted molar refractivity (Wildman–Crippen MR) is 159 cm³/mol. The van der Waals surface area contributed by atoms with Gasteiger partial charge in [-0.25, -0.2) is 5.48 Å². The average molecular weight is 576 g/mol. The molecule has 1 saturated heterocycles. The lowest BCUT2D eigenvalue weighted by molar-refractivity contribution is -0.185. The fourth-order valence-corrected chi connectivity index (χ4v) is 7.08. The van der Waals surface area contributed by atoms with Crippen LogP contribution in [0.5, 0.6) is 0 Å². The lowest BCUT2D eigenvalue weighted by Crippen LogP contribution is -2.63. The number of nitrogens with one attached hydrogen (secondary N) is 3. The van der Waals surface area contributed by atoms with Gasteiger partial charge in [-0.3, -0.25) is 19.6 Å². The molecule has 2 aromatic carbocycles. The second-order valence-electron chi connectivity index (χ2n) is 13.4. The van der Waals surface area contributed by atoms with Crippen LogP contribution in [0.25, 0.3) is 0 Å². The molecule has 3 amide bonds. The largest absolute Gasteiger partial charge is 0.481 e. The minimum absolute atomic E-state index is 0.00947. The molecule has 224 valence electrons. The van der Waals surface area contributed by atoms with Gasteiger partial charge in [0.2, 0.25) is 5.91 Å². The molecule has 2 bridgehead atoms. The molecule has 4 aliphatic rings. The first-order valence-corrected chi connectivity index (χ1v) is 14.9. The van der Waals surface area contributed by atoms with Crippen molar-refractivity contribution >= 4 is 24.8 Å². The molecule has 9 nitrogen and oxygen atoms in total. The highest BCUT2D eigenvalue weighted by atomic mass is 16.7. The maximum absolute atomic E-state index is 13.9. The summed E-state index contributed by atoms with van der Waals surface area (Å²) >= 11 is 0. The molecule has 2 aromatic rings. The molecule has 0 spiro atoms. The van der Waals surface area contributed by atoms with Gasteiger partial charge in [-0.2, -0.15) is 0 Å². The van der Waals surface area contributed by atoms with Crippen molar-refractivity contribution in [2.75, 3.05) is 0 Å². The zero-order valence-electron chi connectivity index (χ0n) is 25.1. The van der Waals surface area contributed by atoms with E-state index in [1.165, 1.54) is 24.3 Å². The quantitative estimate of drug-likeness (QED) is 0.193. The van der Waals surface area contributed by atoms with Gasteiger partial charge in [0.1, 0.15) is 6.04 Å². The molecule has 10 heteroatoms. The van der Waals surface area contributed by atoms with Crippen LogP contribution in [0.15, 0.2) is 54.6 Å². The predicted octanol–water partition coefficient (Wildman–Crippen LogP) is 3.95. The van der Waals surface area contributed by atoms with Gasteiger partial charge in [0.05, 0.1) is 17.6 Å². The lowest BCUT2D eigenvalue weighted by atomic mass is 9.45. The molecule has 6 rings (SSSR count). The highest BCUT2D eigenvalue weighted by molar-refractivity contribution is 6.48. The summed E-state index contributed by atoms with van der Waals surface area (Å²) in [6.45, 7) is 11.0. The van der Waals surface area contributed by atoms with Gasteiger partial charge in [-0.1, -0.05) is 58.0 Å². The van der Waals surface area contributed by atoms with Crippen LogP contribution >= 0.6 is 0 Å². The van der Waals surface area contributed by atoms with Gasteiger partial charge < -0.3 is 19.9 Å². The number of hydroxylamine groups is 1. The van der Waals surface area contributed by atoms with E-state index in [1.54, 1.807) is 5.48 Å². The molecular weight excluding hydrogens is 533 g/mol. The van der Waals surface area contributed by atoms with E-state index in [9.17, 15) is 14.4 Å². The summed E-state index contributed by atoms with van der Waals surface area (Å²) in [6, 6.07) is 14.5. The Morgan fingerprint density at radius 1 is 0.976 bits per heavy atom. The van der Waals surface area contributed by atoms with Crippen molar-refractivity contribution in [3.63, 3.8) is 0 Å². The summed E-state index contributed by atoms with van der Waals surface area (Å²) in [5.41, 5.74) is 2.83. The van der Waals surface area contributed by atoms with Crippen LogP contribution in [0, 0.1) is 23.2 Å². The number of hydrogen-bond acceptors (Lipinski definition) is 6. The molecule has 3 saturated carbocycles. The molecule has 4 fully saturated rings. The number of benzene rings is 2. The second-order valence-corrected chi connectivity index (χ2v) is 13.4. The molecular formula is C32H42BN3O6. The molecule has 6 atom stereocenters. The van der Waals surface area contributed by atoms with E-state index in [0.717, 1.165) is 18.4 Å². The van der Waals surface area contributed by atoms with Crippen molar-refractivity contribution in [3.8, 4) is 0 Å². The fourth-order valence-electron chi connectivity index (χ4n) is 7.08. The van der Waals surface area contributed by atoms with E-state index in [-0.39, 0.29) is 46.0 Å². The number of amides is 3. The normalized spacial score (nSPS) is 26.9. The Balaban J connectivity index is 1.33. The van der Waals surface area contributed by atoms with E-state index in [1.807, 2.05) is 30.3 Å². The summed E-state index contributed by atoms with van der Waals surface area (Å²) < 4.78 is 13.3. The van der Waals surface area contributed by atoms with E-state index in [0.29, 0.717) is 24.7 Å². The molecule has 1 aliphatic heterocycles. The number of carbonyl (C=O) groups excluding carboxylic acids is 3. The molecule has 0 radical (unpaired) electrons. The van der Waals surface area contributed by atoms with E-state index >= 15 is 0 Å². The maximum Gasteiger partial charge on any atom is 0.481 e. The summed E-state index contributed by atoms with van der Waals surface area (Å²) in [6.07, 6.45) is 3.05. The van der Waals surface area contributed by atoms with E-state index < -0.39 is 25.0 Å². The number of hydrogen-bond donors (Lipinski definition) is 4. The monoisotopic (exact) mass is 575 g/mol. The first-order valence-electron chi connectivity index (χ1n) is 14.9. The Labute approximate surface area is 248 Å². The van der Waals surface area contributed by atoms with Crippen LogP contribution in [-0.2, 0) is 20.5 Å². The van der Waals surface area contributed by atoms with Crippen molar-refractivity contribution in [1.82, 2.24) is 16.1 Å². The van der Waals surface area contributed by atoms with Gasteiger partial charge in [0, 0.05) is 17.5 Å². The SMILES string of the molecule is CC(C)C[C@H](NC(=O)[C@H](Cc1ccccc1)NC(=O)c1ccc(C(=O)NO)cc1)B1OC2[C@@H]3C[C@H](C[C@]2(C)O1)C3(C)C. The summed E-state index contributed by atoms with van der Waals surface area (Å²) in [7, 11) is -0.570. The van der Waals surface area contributed by atoms with Crippen molar-refractivity contribution in [3.05, 3.63) is 71.3 Å². The Morgan fingerprint density at radius 2 is 1.62 bits per heavy atom. The molecule has 0 aromatic heterocycles. The van der Waals surface area contributed by atoms with Crippen LogP contribution in [-0.4, -0.2) is 53.7 Å². The van der Waals surface area contributed by atoms with Crippen LogP contribution < -0.4 is 16.1 Å². The lowest BCUT2D eigenvalue weighted by Gasteiger charge is -2.63. The molecule has 42 heavy (non-hydrogen) atoms. The minimum atomic E-state index is -0.860. The third kappa shape index (κ3) is 5.98. The Hall–Kier alpha value is -3.21. The molecule has 1 unspecified atom stereocenters. The highest BCUT2D eigenvalue weighted by Gasteiger charge is 2.67. The summed E-state index contributed by atoms with van der Waals surface area (Å²) in [5, 5.41) is 14.9. The molecule has 1 heterocycles. The van der Waals surface area contributed by atoms with Crippen LogP contribution in [0.2, 0.25) is 0 Å². The third-order valence-corrected chi connectivity index (χ3v) is 9.63. The smallest absolute Gasteiger partial charge is 0.404 e. The van der Waals surface area contributed by atoms with Gasteiger partial charge >= 0.3 is 7.12 Å². The summed E-state index contributed by atoms with van der Waals surface area (Å²) in [4.78, 5) is 38.8. The van der Waals surface area contributed by atoms with Crippen molar-refractivity contribution in [2.24, 2.45) is 23.2 Å². The molecule has 3 aliphatic carbocycles. The van der Waals surface area contributed by atoms with Gasteiger partial charge in [0.25, 0.3) is 11.8 Å². The Bertz CT molecular complexity index is 1300.